The summed E-state index contributed by atoms with van der Waals surface area (Å²) in [7, 11) is -3.85. The lowest BCUT2D eigenvalue weighted by atomic mass is 9.79. The first kappa shape index (κ1) is 22.6. The van der Waals surface area contributed by atoms with Gasteiger partial charge >= 0.3 is 0 Å². The van der Waals surface area contributed by atoms with Crippen molar-refractivity contribution in [3.63, 3.8) is 0 Å². The summed E-state index contributed by atoms with van der Waals surface area (Å²) >= 11 is 0. The molecule has 172 valence electrons. The number of hydrogen-bond donors (Lipinski definition) is 1. The van der Waals surface area contributed by atoms with Crippen molar-refractivity contribution in [3.05, 3.63) is 30.1 Å². The number of rotatable bonds is 6. The molecular weight excluding hydrogens is 421 g/mol. The Bertz CT molecular complexity index is 865. The van der Waals surface area contributed by atoms with Gasteiger partial charge in [-0.25, -0.2) is 12.8 Å². The molecule has 7 nitrogen and oxygen atoms in total. The number of hydrogen-bond acceptors (Lipinski definition) is 5. The predicted octanol–water partition coefficient (Wildman–Crippen LogP) is 2.13. The van der Waals surface area contributed by atoms with Crippen molar-refractivity contribution in [2.75, 3.05) is 39.4 Å². The lowest BCUT2D eigenvalue weighted by Gasteiger charge is -2.48. The van der Waals surface area contributed by atoms with Crippen molar-refractivity contribution in [1.29, 1.82) is 0 Å². The SMILES string of the molecule is O=C(NCC1(N2CCOCC2)CCCCC1)C1CCCN1S(=O)(=O)c1ccc(F)cc1. The standard InChI is InChI=1S/C22H32FN3O4S/c23-18-6-8-19(9-7-18)31(28,29)26-12-4-5-20(26)21(27)24-17-22(10-2-1-3-11-22)25-13-15-30-16-14-25/h6-9,20H,1-5,10-17H2,(H,24,27). The van der Waals surface area contributed by atoms with E-state index in [0.717, 1.165) is 50.9 Å². The van der Waals surface area contributed by atoms with E-state index >= 15 is 0 Å². The fourth-order valence-corrected chi connectivity index (χ4v) is 6.91. The molecule has 2 heterocycles. The Morgan fingerprint density at radius 3 is 2.42 bits per heavy atom. The summed E-state index contributed by atoms with van der Waals surface area (Å²) in [6, 6.07) is 4.06. The second kappa shape index (κ2) is 9.52. The Hall–Kier alpha value is -1.55. The number of morpholine rings is 1. The zero-order valence-corrected chi connectivity index (χ0v) is 18.7. The molecule has 1 aromatic rings. The highest BCUT2D eigenvalue weighted by Crippen LogP contribution is 2.34. The number of halogens is 1. The van der Waals surface area contributed by atoms with E-state index in [1.807, 2.05) is 0 Å². The number of sulfonamides is 1. The average Bonchev–Trinajstić information content (AvgIpc) is 3.30. The molecule has 3 aliphatic rings. The van der Waals surface area contributed by atoms with E-state index < -0.39 is 21.9 Å². The third-order valence-electron chi connectivity index (χ3n) is 6.98. The van der Waals surface area contributed by atoms with Gasteiger partial charge in [0.1, 0.15) is 11.9 Å². The van der Waals surface area contributed by atoms with Gasteiger partial charge in [0.2, 0.25) is 15.9 Å². The number of benzene rings is 1. The third-order valence-corrected chi connectivity index (χ3v) is 8.91. The van der Waals surface area contributed by atoms with Crippen LogP contribution in [-0.4, -0.2) is 74.5 Å². The summed E-state index contributed by atoms with van der Waals surface area (Å²) in [6.45, 7) is 3.98. The van der Waals surface area contributed by atoms with Gasteiger partial charge in [0.25, 0.3) is 0 Å². The van der Waals surface area contributed by atoms with Crippen LogP contribution in [0.2, 0.25) is 0 Å². The summed E-state index contributed by atoms with van der Waals surface area (Å²) in [4.78, 5) is 15.6. The first-order chi connectivity index (χ1) is 14.9. The highest BCUT2D eigenvalue weighted by Gasteiger charge is 2.42. The van der Waals surface area contributed by atoms with Crippen LogP contribution in [0.15, 0.2) is 29.2 Å². The van der Waals surface area contributed by atoms with Gasteiger partial charge in [0.05, 0.1) is 18.1 Å². The van der Waals surface area contributed by atoms with Crippen LogP contribution < -0.4 is 5.32 Å². The number of nitrogens with one attached hydrogen (secondary N) is 1. The zero-order chi connectivity index (χ0) is 21.9. The molecule has 2 saturated heterocycles. The van der Waals surface area contributed by atoms with Gasteiger partial charge in [-0.1, -0.05) is 19.3 Å². The maximum atomic E-state index is 13.2. The number of nitrogens with zero attached hydrogens (tertiary/aromatic N) is 2. The van der Waals surface area contributed by atoms with Crippen molar-refractivity contribution in [2.24, 2.45) is 0 Å². The van der Waals surface area contributed by atoms with Gasteiger partial charge < -0.3 is 10.1 Å². The summed E-state index contributed by atoms with van der Waals surface area (Å²) < 4.78 is 46.2. The number of carbonyl (C=O) groups excluding carboxylic acids is 1. The predicted molar refractivity (Wildman–Crippen MR) is 115 cm³/mol. The van der Waals surface area contributed by atoms with Gasteiger partial charge in [-0.2, -0.15) is 4.31 Å². The first-order valence-electron chi connectivity index (χ1n) is 11.3. The number of carbonyl (C=O) groups is 1. The van der Waals surface area contributed by atoms with Crippen LogP contribution in [0.25, 0.3) is 0 Å². The zero-order valence-electron chi connectivity index (χ0n) is 17.9. The molecule has 2 aliphatic heterocycles. The first-order valence-corrected chi connectivity index (χ1v) is 12.7. The lowest BCUT2D eigenvalue weighted by Crippen LogP contribution is -2.60. The van der Waals surface area contributed by atoms with Gasteiger partial charge in [-0.05, 0) is 49.9 Å². The van der Waals surface area contributed by atoms with Crippen molar-refractivity contribution in [1.82, 2.24) is 14.5 Å². The maximum Gasteiger partial charge on any atom is 0.243 e. The molecule has 1 atom stereocenters. The molecule has 1 unspecified atom stereocenters. The molecule has 9 heteroatoms. The topological polar surface area (TPSA) is 79.0 Å². The van der Waals surface area contributed by atoms with E-state index in [4.69, 9.17) is 4.74 Å². The van der Waals surface area contributed by atoms with Crippen molar-refractivity contribution < 1.29 is 22.3 Å². The van der Waals surface area contributed by atoms with Crippen molar-refractivity contribution in [2.45, 2.75) is 61.4 Å². The molecule has 0 aromatic heterocycles. The van der Waals surface area contributed by atoms with E-state index in [9.17, 15) is 17.6 Å². The van der Waals surface area contributed by atoms with Gasteiger partial charge in [-0.3, -0.25) is 9.69 Å². The molecule has 0 spiro atoms. The smallest absolute Gasteiger partial charge is 0.243 e. The second-order valence-corrected chi connectivity index (χ2v) is 10.7. The minimum atomic E-state index is -3.85. The Kier molecular flexibility index (Phi) is 6.95. The van der Waals surface area contributed by atoms with Crippen molar-refractivity contribution >= 4 is 15.9 Å². The van der Waals surface area contributed by atoms with Crippen LogP contribution in [0.3, 0.4) is 0 Å². The number of ether oxygens (including phenoxy) is 1. The van der Waals surface area contributed by atoms with E-state index in [-0.39, 0.29) is 16.3 Å². The van der Waals surface area contributed by atoms with Crippen LogP contribution in [0.4, 0.5) is 4.39 Å². The molecule has 3 fully saturated rings. The van der Waals surface area contributed by atoms with Gasteiger partial charge in [-0.15, -0.1) is 0 Å². The highest BCUT2D eigenvalue weighted by atomic mass is 32.2. The number of amides is 1. The van der Waals surface area contributed by atoms with E-state index in [2.05, 4.69) is 10.2 Å². The van der Waals surface area contributed by atoms with Gasteiger partial charge in [0.15, 0.2) is 0 Å². The maximum absolute atomic E-state index is 13.2. The van der Waals surface area contributed by atoms with Crippen LogP contribution >= 0.6 is 0 Å². The minimum Gasteiger partial charge on any atom is -0.379 e. The van der Waals surface area contributed by atoms with E-state index in [0.29, 0.717) is 39.1 Å². The van der Waals surface area contributed by atoms with Crippen molar-refractivity contribution in [3.8, 4) is 0 Å². The van der Waals surface area contributed by atoms with Crippen LogP contribution in [0.5, 0.6) is 0 Å². The molecule has 1 N–H and O–H groups in total. The largest absolute Gasteiger partial charge is 0.379 e. The molecule has 1 aliphatic carbocycles. The monoisotopic (exact) mass is 453 g/mol. The van der Waals surface area contributed by atoms with Crippen LogP contribution in [-0.2, 0) is 19.6 Å². The Balaban J connectivity index is 1.46. The highest BCUT2D eigenvalue weighted by molar-refractivity contribution is 7.89. The fraction of sp³-hybridized carbons (Fsp3) is 0.682. The lowest BCUT2D eigenvalue weighted by molar-refractivity contribution is -0.125. The average molecular weight is 454 g/mol. The molecule has 1 saturated carbocycles. The minimum absolute atomic E-state index is 0.0191. The summed E-state index contributed by atoms with van der Waals surface area (Å²) in [5, 5.41) is 3.11. The molecule has 0 radical (unpaired) electrons. The molecule has 1 aromatic carbocycles. The molecule has 4 rings (SSSR count). The third kappa shape index (κ3) is 4.79. The van der Waals surface area contributed by atoms with E-state index in [1.54, 1.807) is 0 Å². The summed E-state index contributed by atoms with van der Waals surface area (Å²) in [5.74, 6) is -0.725. The summed E-state index contributed by atoms with van der Waals surface area (Å²) in [6.07, 6.45) is 6.70. The Morgan fingerprint density at radius 2 is 1.74 bits per heavy atom. The Morgan fingerprint density at radius 1 is 1.06 bits per heavy atom. The Labute approximate surface area is 184 Å². The van der Waals surface area contributed by atoms with Crippen LogP contribution in [0, 0.1) is 5.82 Å². The molecule has 1 amide bonds. The summed E-state index contributed by atoms with van der Waals surface area (Å²) in [5.41, 5.74) is -0.0725. The normalized spacial score (nSPS) is 25.4. The molecule has 0 bridgehead atoms. The van der Waals surface area contributed by atoms with Crippen LogP contribution in [0.1, 0.15) is 44.9 Å². The van der Waals surface area contributed by atoms with E-state index in [1.165, 1.54) is 22.9 Å². The fourth-order valence-electron chi connectivity index (χ4n) is 5.25. The molecule has 31 heavy (non-hydrogen) atoms. The quantitative estimate of drug-likeness (QED) is 0.714. The van der Waals surface area contributed by atoms with Gasteiger partial charge in [0, 0.05) is 31.7 Å². The second-order valence-electron chi connectivity index (χ2n) is 8.83. The molecular formula is C22H32FN3O4S.